The Kier molecular flexibility index (Phi) is 6.95. The number of hydrogen-bond donors (Lipinski definition) is 0. The quantitative estimate of drug-likeness (QED) is 0.513. The SMILES string of the molecule is CN(C(=O)CCCC(=O)N1CCN(c2ccc([N+](=O)[O-])cn2)CC1)c1ccccc1. The number of nitrogens with zero attached hydrogens (tertiary/aromatic N) is 5. The Bertz CT molecular complexity index is 880. The Morgan fingerprint density at radius 2 is 1.77 bits per heavy atom. The summed E-state index contributed by atoms with van der Waals surface area (Å²) in [6, 6.07) is 12.5. The molecule has 0 spiro atoms. The summed E-state index contributed by atoms with van der Waals surface area (Å²) in [5.74, 6) is 0.701. The molecule has 0 aliphatic carbocycles. The van der Waals surface area contributed by atoms with E-state index in [4.69, 9.17) is 0 Å². The summed E-state index contributed by atoms with van der Waals surface area (Å²) < 4.78 is 0. The van der Waals surface area contributed by atoms with Crippen LogP contribution in [0, 0.1) is 10.1 Å². The molecule has 1 aliphatic heterocycles. The molecule has 1 aliphatic rings. The molecule has 9 heteroatoms. The standard InChI is InChI=1S/C21H25N5O4/c1-23(17-6-3-2-4-7-17)20(27)8-5-9-21(28)25-14-12-24(13-15-25)19-11-10-18(16-22-19)26(29)30/h2-4,6-7,10-11,16H,5,8-9,12-15H2,1H3. The molecule has 0 bridgehead atoms. The highest BCUT2D eigenvalue weighted by atomic mass is 16.6. The summed E-state index contributed by atoms with van der Waals surface area (Å²) in [7, 11) is 1.74. The van der Waals surface area contributed by atoms with E-state index in [9.17, 15) is 19.7 Å². The first kappa shape index (κ1) is 21.2. The average molecular weight is 411 g/mol. The largest absolute Gasteiger partial charge is 0.353 e. The molecule has 1 aromatic carbocycles. The monoisotopic (exact) mass is 411 g/mol. The molecular weight excluding hydrogens is 386 g/mol. The number of carbonyl (C=O) groups is 2. The lowest BCUT2D eigenvalue weighted by atomic mass is 10.2. The van der Waals surface area contributed by atoms with Crippen molar-refractivity contribution in [3.8, 4) is 0 Å². The predicted molar refractivity (Wildman–Crippen MR) is 113 cm³/mol. The van der Waals surface area contributed by atoms with Crippen LogP contribution >= 0.6 is 0 Å². The van der Waals surface area contributed by atoms with Gasteiger partial charge < -0.3 is 14.7 Å². The van der Waals surface area contributed by atoms with E-state index in [0.29, 0.717) is 51.3 Å². The van der Waals surface area contributed by atoms with Crippen molar-refractivity contribution in [3.63, 3.8) is 0 Å². The first-order valence-corrected chi connectivity index (χ1v) is 9.90. The van der Waals surface area contributed by atoms with E-state index in [-0.39, 0.29) is 17.5 Å². The number of nitro groups is 1. The second-order valence-corrected chi connectivity index (χ2v) is 7.14. The lowest BCUT2D eigenvalue weighted by molar-refractivity contribution is -0.385. The van der Waals surface area contributed by atoms with Gasteiger partial charge >= 0.3 is 0 Å². The first-order chi connectivity index (χ1) is 14.5. The molecule has 0 saturated carbocycles. The molecular formula is C21H25N5O4. The topological polar surface area (TPSA) is 99.9 Å². The van der Waals surface area contributed by atoms with Gasteiger partial charge in [0.1, 0.15) is 12.0 Å². The number of benzene rings is 1. The van der Waals surface area contributed by atoms with E-state index >= 15 is 0 Å². The Labute approximate surface area is 175 Å². The van der Waals surface area contributed by atoms with Gasteiger partial charge in [0.2, 0.25) is 11.8 Å². The number of piperazine rings is 1. The highest BCUT2D eigenvalue weighted by molar-refractivity contribution is 5.93. The number of hydrogen-bond acceptors (Lipinski definition) is 6. The van der Waals surface area contributed by atoms with Crippen molar-refractivity contribution < 1.29 is 14.5 Å². The molecule has 0 N–H and O–H groups in total. The van der Waals surface area contributed by atoms with Crippen LogP contribution in [0.4, 0.5) is 17.2 Å². The highest BCUT2D eigenvalue weighted by Crippen LogP contribution is 2.18. The maximum Gasteiger partial charge on any atom is 0.287 e. The lowest BCUT2D eigenvalue weighted by Crippen LogP contribution is -2.49. The van der Waals surface area contributed by atoms with Gasteiger partial charge in [0.25, 0.3) is 5.69 Å². The molecule has 158 valence electrons. The third-order valence-electron chi connectivity index (χ3n) is 5.20. The van der Waals surface area contributed by atoms with Crippen molar-refractivity contribution in [2.45, 2.75) is 19.3 Å². The molecule has 30 heavy (non-hydrogen) atoms. The molecule has 1 aromatic heterocycles. The van der Waals surface area contributed by atoms with Crippen LogP contribution in [0.3, 0.4) is 0 Å². The fraction of sp³-hybridized carbons (Fsp3) is 0.381. The van der Waals surface area contributed by atoms with Gasteiger partial charge in [-0.05, 0) is 24.6 Å². The van der Waals surface area contributed by atoms with Crippen LogP contribution in [0.5, 0.6) is 0 Å². The lowest BCUT2D eigenvalue weighted by Gasteiger charge is -2.35. The normalized spacial score (nSPS) is 13.8. The van der Waals surface area contributed by atoms with Crippen LogP contribution < -0.4 is 9.80 Å². The maximum atomic E-state index is 12.5. The van der Waals surface area contributed by atoms with Gasteiger partial charge in [-0.1, -0.05) is 18.2 Å². The molecule has 2 amide bonds. The predicted octanol–water partition coefficient (Wildman–Crippen LogP) is 2.47. The van der Waals surface area contributed by atoms with Crippen LogP contribution in [0.15, 0.2) is 48.7 Å². The number of para-hydroxylation sites is 1. The van der Waals surface area contributed by atoms with Crippen LogP contribution in [0.25, 0.3) is 0 Å². The summed E-state index contributed by atoms with van der Waals surface area (Å²) in [4.78, 5) is 44.6. The van der Waals surface area contributed by atoms with Crippen molar-refractivity contribution >= 4 is 29.0 Å². The first-order valence-electron chi connectivity index (χ1n) is 9.90. The zero-order valence-corrected chi connectivity index (χ0v) is 16.9. The van der Waals surface area contributed by atoms with Crippen molar-refractivity contribution in [2.75, 3.05) is 43.0 Å². The van der Waals surface area contributed by atoms with E-state index < -0.39 is 4.92 Å². The van der Waals surface area contributed by atoms with E-state index in [1.54, 1.807) is 22.9 Å². The average Bonchev–Trinajstić information content (AvgIpc) is 2.79. The molecule has 3 rings (SSSR count). The fourth-order valence-corrected chi connectivity index (χ4v) is 3.37. The van der Waals surface area contributed by atoms with Gasteiger partial charge in [0.05, 0.1) is 4.92 Å². The number of amides is 2. The van der Waals surface area contributed by atoms with E-state index in [0.717, 1.165) is 5.69 Å². The van der Waals surface area contributed by atoms with Crippen molar-refractivity contribution in [3.05, 3.63) is 58.8 Å². The minimum atomic E-state index is -0.476. The van der Waals surface area contributed by atoms with Crippen LogP contribution in [-0.4, -0.2) is 59.8 Å². The minimum Gasteiger partial charge on any atom is -0.353 e. The van der Waals surface area contributed by atoms with Crippen LogP contribution in [0.1, 0.15) is 19.3 Å². The molecule has 0 atom stereocenters. The van der Waals surface area contributed by atoms with Crippen molar-refractivity contribution in [1.82, 2.24) is 9.88 Å². The summed E-state index contributed by atoms with van der Waals surface area (Å²) in [5.41, 5.74) is 0.796. The molecule has 2 aromatic rings. The van der Waals surface area contributed by atoms with Crippen molar-refractivity contribution in [2.24, 2.45) is 0 Å². The smallest absolute Gasteiger partial charge is 0.287 e. The maximum absolute atomic E-state index is 12.5. The number of aromatic nitrogens is 1. The Morgan fingerprint density at radius 3 is 2.37 bits per heavy atom. The molecule has 9 nitrogen and oxygen atoms in total. The third kappa shape index (κ3) is 5.31. The summed E-state index contributed by atoms with van der Waals surface area (Å²) in [5, 5.41) is 10.7. The second-order valence-electron chi connectivity index (χ2n) is 7.14. The highest BCUT2D eigenvalue weighted by Gasteiger charge is 2.22. The summed E-state index contributed by atoms with van der Waals surface area (Å²) in [6.07, 6.45) is 2.42. The Morgan fingerprint density at radius 1 is 1.07 bits per heavy atom. The number of pyridine rings is 1. The Balaban J connectivity index is 1.41. The van der Waals surface area contributed by atoms with Gasteiger partial charge in [-0.3, -0.25) is 19.7 Å². The molecule has 2 heterocycles. The van der Waals surface area contributed by atoms with Gasteiger partial charge in [-0.15, -0.1) is 0 Å². The van der Waals surface area contributed by atoms with E-state index in [1.165, 1.54) is 12.3 Å². The van der Waals surface area contributed by atoms with Crippen molar-refractivity contribution in [1.29, 1.82) is 0 Å². The number of anilines is 2. The van der Waals surface area contributed by atoms with Gasteiger partial charge in [-0.25, -0.2) is 4.98 Å². The van der Waals surface area contributed by atoms with Gasteiger partial charge in [0, 0.05) is 57.8 Å². The second kappa shape index (κ2) is 9.82. The molecule has 0 unspecified atom stereocenters. The molecule has 1 saturated heterocycles. The fourth-order valence-electron chi connectivity index (χ4n) is 3.37. The molecule has 1 fully saturated rings. The van der Waals surface area contributed by atoms with Crippen LogP contribution in [0.2, 0.25) is 0 Å². The van der Waals surface area contributed by atoms with E-state index in [1.807, 2.05) is 35.2 Å². The Hall–Kier alpha value is -3.49. The number of carbonyl (C=O) groups excluding carboxylic acids is 2. The third-order valence-corrected chi connectivity index (χ3v) is 5.20. The summed E-state index contributed by atoms with van der Waals surface area (Å²) >= 11 is 0. The minimum absolute atomic E-state index is 0.0111. The van der Waals surface area contributed by atoms with E-state index in [2.05, 4.69) is 4.98 Å². The number of rotatable bonds is 7. The zero-order chi connectivity index (χ0) is 21.5. The van der Waals surface area contributed by atoms with Crippen LogP contribution in [-0.2, 0) is 9.59 Å². The zero-order valence-electron chi connectivity index (χ0n) is 16.9. The van der Waals surface area contributed by atoms with Gasteiger partial charge in [0.15, 0.2) is 0 Å². The molecule has 0 radical (unpaired) electrons. The summed E-state index contributed by atoms with van der Waals surface area (Å²) in [6.45, 7) is 2.36. The van der Waals surface area contributed by atoms with Gasteiger partial charge in [-0.2, -0.15) is 0 Å².